The first-order chi connectivity index (χ1) is 6.93. The Morgan fingerprint density at radius 1 is 1.07 bits per heavy atom. The molecule has 2 heterocycles. The third-order valence-corrected chi connectivity index (χ3v) is 3.07. The fraction of sp³-hybridized carbons (Fsp3) is 0.636. The predicted octanol–water partition coefficient (Wildman–Crippen LogP) is 2.31. The van der Waals surface area contributed by atoms with Gasteiger partial charge in [0.05, 0.1) is 11.4 Å². The molecule has 0 aromatic rings. The van der Waals surface area contributed by atoms with E-state index in [1.807, 2.05) is 0 Å². The molecular formula is C11H15N3. The Kier molecular flexibility index (Phi) is 1.89. The maximum absolute atomic E-state index is 4.70. The van der Waals surface area contributed by atoms with Crippen LogP contribution in [-0.4, -0.2) is 23.0 Å². The topological polar surface area (TPSA) is 28.0 Å². The molecule has 0 saturated heterocycles. The Balaban J connectivity index is 1.96. The lowest BCUT2D eigenvalue weighted by molar-refractivity contribution is 0.332. The third-order valence-electron chi connectivity index (χ3n) is 3.07. The van der Waals surface area contributed by atoms with E-state index in [1.54, 1.807) is 0 Å². The van der Waals surface area contributed by atoms with Crippen molar-refractivity contribution in [2.45, 2.75) is 38.5 Å². The van der Waals surface area contributed by atoms with Crippen LogP contribution in [0.15, 0.2) is 22.0 Å². The van der Waals surface area contributed by atoms with Crippen molar-refractivity contribution in [3.05, 3.63) is 11.9 Å². The summed E-state index contributed by atoms with van der Waals surface area (Å²) < 4.78 is 0. The molecule has 14 heavy (non-hydrogen) atoms. The summed E-state index contributed by atoms with van der Waals surface area (Å²) >= 11 is 0. The second-order valence-corrected chi connectivity index (χ2v) is 4.14. The van der Waals surface area contributed by atoms with Crippen LogP contribution in [0.3, 0.4) is 0 Å². The third kappa shape index (κ3) is 1.27. The van der Waals surface area contributed by atoms with Gasteiger partial charge in [-0.1, -0.05) is 0 Å². The van der Waals surface area contributed by atoms with Crippen LogP contribution < -0.4 is 0 Å². The van der Waals surface area contributed by atoms with Crippen LogP contribution >= 0.6 is 0 Å². The van der Waals surface area contributed by atoms with E-state index in [4.69, 9.17) is 4.99 Å². The number of hydrogen-bond donors (Lipinski definition) is 0. The molecule has 1 saturated carbocycles. The van der Waals surface area contributed by atoms with Gasteiger partial charge in [-0.25, -0.2) is 10.0 Å². The van der Waals surface area contributed by atoms with Gasteiger partial charge in [0.15, 0.2) is 0 Å². The fourth-order valence-corrected chi connectivity index (χ4v) is 2.28. The number of nitrogens with zero attached hydrogens (tertiary/aromatic N) is 3. The summed E-state index contributed by atoms with van der Waals surface area (Å²) in [6.07, 6.45) is 9.41. The molecule has 0 aromatic heterocycles. The van der Waals surface area contributed by atoms with Crippen molar-refractivity contribution in [2.75, 3.05) is 6.54 Å². The minimum absolute atomic E-state index is 1.05. The first-order valence-electron chi connectivity index (χ1n) is 5.56. The normalized spacial score (nSPS) is 25.7. The lowest BCUT2D eigenvalue weighted by atomic mass is 9.96. The van der Waals surface area contributed by atoms with Gasteiger partial charge >= 0.3 is 0 Å². The van der Waals surface area contributed by atoms with Crippen LogP contribution in [0, 0.1) is 0 Å². The van der Waals surface area contributed by atoms with Crippen LogP contribution in [0.4, 0.5) is 0 Å². The molecule has 0 amide bonds. The van der Waals surface area contributed by atoms with Crippen molar-refractivity contribution >= 4 is 11.4 Å². The molecule has 2 aliphatic heterocycles. The molecule has 3 rings (SSSR count). The molecule has 3 aliphatic rings. The van der Waals surface area contributed by atoms with Crippen LogP contribution in [0.25, 0.3) is 0 Å². The van der Waals surface area contributed by atoms with Crippen LogP contribution in [0.1, 0.15) is 38.5 Å². The zero-order valence-corrected chi connectivity index (χ0v) is 8.37. The van der Waals surface area contributed by atoms with E-state index in [-0.39, 0.29) is 0 Å². The Morgan fingerprint density at radius 2 is 1.93 bits per heavy atom. The van der Waals surface area contributed by atoms with Gasteiger partial charge in [0.2, 0.25) is 0 Å². The number of fused-ring (bicyclic) bond motifs is 2. The Hall–Kier alpha value is -1.12. The van der Waals surface area contributed by atoms with Crippen LogP contribution in [0.5, 0.6) is 0 Å². The van der Waals surface area contributed by atoms with Gasteiger partial charge in [-0.2, -0.15) is 5.10 Å². The van der Waals surface area contributed by atoms with Gasteiger partial charge in [0.1, 0.15) is 5.82 Å². The molecule has 0 radical (unpaired) electrons. The van der Waals surface area contributed by atoms with Crippen molar-refractivity contribution in [2.24, 2.45) is 10.1 Å². The maximum Gasteiger partial charge on any atom is 0.145 e. The molecule has 1 aliphatic carbocycles. The van der Waals surface area contributed by atoms with Crippen molar-refractivity contribution in [3.8, 4) is 0 Å². The second-order valence-electron chi connectivity index (χ2n) is 4.14. The van der Waals surface area contributed by atoms with Gasteiger partial charge in [0, 0.05) is 6.54 Å². The highest BCUT2D eigenvalue weighted by Gasteiger charge is 2.23. The smallest absolute Gasteiger partial charge is 0.145 e. The minimum atomic E-state index is 1.05. The molecule has 0 aromatic carbocycles. The average molecular weight is 189 g/mol. The van der Waals surface area contributed by atoms with Crippen molar-refractivity contribution in [1.82, 2.24) is 5.01 Å². The quantitative estimate of drug-likeness (QED) is 0.574. The summed E-state index contributed by atoms with van der Waals surface area (Å²) in [7, 11) is 0. The Bertz CT molecular complexity index is 338. The number of allylic oxidation sites excluding steroid dienone is 1. The van der Waals surface area contributed by atoms with Crippen molar-refractivity contribution in [1.29, 1.82) is 0 Å². The molecule has 0 bridgehead atoms. The SMILES string of the molecule is C1=C2N=C3CCCCC3=NN2CCC1. The van der Waals surface area contributed by atoms with Gasteiger partial charge < -0.3 is 0 Å². The fourth-order valence-electron chi connectivity index (χ4n) is 2.28. The van der Waals surface area contributed by atoms with Gasteiger partial charge in [-0.05, 0) is 44.6 Å². The molecule has 3 nitrogen and oxygen atoms in total. The van der Waals surface area contributed by atoms with Crippen LogP contribution in [0.2, 0.25) is 0 Å². The molecule has 0 unspecified atom stereocenters. The molecule has 0 atom stereocenters. The minimum Gasteiger partial charge on any atom is -0.248 e. The molecule has 0 N–H and O–H groups in total. The second kappa shape index (κ2) is 3.23. The zero-order valence-electron chi connectivity index (χ0n) is 8.37. The largest absolute Gasteiger partial charge is 0.248 e. The average Bonchev–Trinajstić information content (AvgIpc) is 2.26. The predicted molar refractivity (Wildman–Crippen MR) is 57.4 cm³/mol. The van der Waals surface area contributed by atoms with Gasteiger partial charge in [-0.3, -0.25) is 0 Å². The lowest BCUT2D eigenvalue weighted by Crippen LogP contribution is -2.32. The highest BCUT2D eigenvalue weighted by atomic mass is 15.5. The van der Waals surface area contributed by atoms with Crippen molar-refractivity contribution < 1.29 is 0 Å². The maximum atomic E-state index is 4.70. The summed E-state index contributed by atoms with van der Waals surface area (Å²) in [6.45, 7) is 1.05. The Labute approximate surface area is 84.2 Å². The van der Waals surface area contributed by atoms with E-state index >= 15 is 0 Å². The van der Waals surface area contributed by atoms with E-state index < -0.39 is 0 Å². The standard InChI is InChI=1S/C11H15N3/c1-2-6-10-9(5-1)12-11-7-3-4-8-14(11)13-10/h7H,1-6,8H2. The van der Waals surface area contributed by atoms with E-state index in [0.717, 1.165) is 31.6 Å². The van der Waals surface area contributed by atoms with E-state index in [2.05, 4.69) is 16.2 Å². The summed E-state index contributed by atoms with van der Waals surface area (Å²) in [4.78, 5) is 4.70. The number of hydrogen-bond acceptors (Lipinski definition) is 3. The lowest BCUT2D eigenvalue weighted by Gasteiger charge is -2.30. The van der Waals surface area contributed by atoms with E-state index in [9.17, 15) is 0 Å². The number of aliphatic imine (C=N–C) groups is 1. The van der Waals surface area contributed by atoms with Gasteiger partial charge in [-0.15, -0.1) is 0 Å². The summed E-state index contributed by atoms with van der Waals surface area (Å²) in [5.74, 6) is 1.09. The molecule has 0 spiro atoms. The molecule has 74 valence electrons. The first kappa shape index (κ1) is 8.21. The highest BCUT2D eigenvalue weighted by molar-refractivity contribution is 6.43. The zero-order chi connectivity index (χ0) is 9.38. The molecule has 3 heteroatoms. The van der Waals surface area contributed by atoms with E-state index in [0.29, 0.717) is 0 Å². The summed E-state index contributed by atoms with van der Waals surface area (Å²) in [5, 5.41) is 6.75. The number of hydrazone groups is 1. The van der Waals surface area contributed by atoms with E-state index in [1.165, 1.54) is 30.7 Å². The van der Waals surface area contributed by atoms with Gasteiger partial charge in [0.25, 0.3) is 0 Å². The van der Waals surface area contributed by atoms with Crippen LogP contribution in [-0.2, 0) is 0 Å². The highest BCUT2D eigenvalue weighted by Crippen LogP contribution is 2.25. The van der Waals surface area contributed by atoms with Crippen molar-refractivity contribution in [3.63, 3.8) is 0 Å². The molecule has 1 fully saturated rings. The monoisotopic (exact) mass is 189 g/mol. The summed E-state index contributed by atoms with van der Waals surface area (Å²) in [6, 6.07) is 0. The first-order valence-corrected chi connectivity index (χ1v) is 5.56. The molecular weight excluding hydrogens is 174 g/mol. The Morgan fingerprint density at radius 3 is 2.86 bits per heavy atom. The number of rotatable bonds is 0. The summed E-state index contributed by atoms with van der Waals surface area (Å²) in [5.41, 5.74) is 2.50.